The number of benzene rings is 2. The predicted octanol–water partition coefficient (Wildman–Crippen LogP) is 4.55. The molecule has 1 heterocycles. The molecule has 2 aromatic rings. The van der Waals surface area contributed by atoms with E-state index >= 15 is 0 Å². The number of carbonyl (C=O) groups excluding carboxylic acids is 1. The first kappa shape index (κ1) is 21.9. The first-order chi connectivity index (χ1) is 14.4. The number of hydrogen-bond donors (Lipinski definition) is 1. The molecule has 0 bridgehead atoms. The number of likely N-dealkylation sites (N-methyl/N-ethyl adjacent to an activating group) is 1. The molecule has 7 nitrogen and oxygen atoms in total. The topological polar surface area (TPSA) is 88.4 Å². The summed E-state index contributed by atoms with van der Waals surface area (Å²) in [5, 5.41) is 9.34. The van der Waals surface area contributed by atoms with Gasteiger partial charge < -0.3 is 14.6 Å². The lowest BCUT2D eigenvalue weighted by Gasteiger charge is -2.12. The van der Waals surface area contributed by atoms with Crippen LogP contribution in [0.1, 0.15) is 12.5 Å². The van der Waals surface area contributed by atoms with E-state index in [0.29, 0.717) is 26.8 Å². The summed E-state index contributed by atoms with van der Waals surface area (Å²) in [6.45, 7) is 1.98. The van der Waals surface area contributed by atoms with E-state index in [1.54, 1.807) is 36.3 Å². The molecule has 0 radical (unpaired) electrons. The highest BCUT2D eigenvalue weighted by Crippen LogP contribution is 2.35. The standard InChI is InChI=1S/C21H19BrN2O5S/c1-3-24-20(27)18(30-21(24)23-14-5-7-15(28-2)8-6-14)11-13-4-9-17(16(22)10-13)29-12-19(25)26/h4-11H,3,12H2,1-2H3,(H,25,26)/b18-11+,23-21?. The highest BCUT2D eigenvalue weighted by molar-refractivity contribution is 9.10. The lowest BCUT2D eigenvalue weighted by Crippen LogP contribution is -2.28. The Labute approximate surface area is 186 Å². The molecule has 9 heteroatoms. The zero-order valence-corrected chi connectivity index (χ0v) is 18.7. The second-order valence-corrected chi connectivity index (χ2v) is 7.99. The van der Waals surface area contributed by atoms with Crippen LogP contribution in [0, 0.1) is 0 Å². The van der Waals surface area contributed by atoms with Crippen LogP contribution in [0.25, 0.3) is 6.08 Å². The Bertz CT molecular complexity index is 1020. The highest BCUT2D eigenvalue weighted by atomic mass is 79.9. The number of carboxylic acids is 1. The van der Waals surface area contributed by atoms with Gasteiger partial charge in [-0.15, -0.1) is 0 Å². The van der Waals surface area contributed by atoms with Crippen LogP contribution in [0.2, 0.25) is 0 Å². The van der Waals surface area contributed by atoms with Crippen molar-refractivity contribution < 1.29 is 24.2 Å². The van der Waals surface area contributed by atoms with Gasteiger partial charge in [0.15, 0.2) is 11.8 Å². The number of methoxy groups -OCH3 is 1. The van der Waals surface area contributed by atoms with E-state index in [1.807, 2.05) is 31.2 Å². The molecule has 1 saturated heterocycles. The number of aliphatic imine (C=N–C) groups is 1. The average molecular weight is 491 g/mol. The summed E-state index contributed by atoms with van der Waals surface area (Å²) < 4.78 is 11.0. The van der Waals surface area contributed by atoms with Crippen molar-refractivity contribution in [2.45, 2.75) is 6.92 Å². The van der Waals surface area contributed by atoms with Crippen molar-refractivity contribution in [2.24, 2.45) is 4.99 Å². The zero-order chi connectivity index (χ0) is 21.7. The molecule has 0 aromatic heterocycles. The minimum atomic E-state index is -1.05. The van der Waals surface area contributed by atoms with Gasteiger partial charge in [-0.3, -0.25) is 9.69 Å². The Morgan fingerprint density at radius 3 is 2.60 bits per heavy atom. The van der Waals surface area contributed by atoms with Gasteiger partial charge in [-0.1, -0.05) is 6.07 Å². The molecule has 3 rings (SSSR count). The summed E-state index contributed by atoms with van der Waals surface area (Å²) >= 11 is 4.68. The maximum absolute atomic E-state index is 12.8. The van der Waals surface area contributed by atoms with E-state index < -0.39 is 12.6 Å². The third kappa shape index (κ3) is 5.22. The quantitative estimate of drug-likeness (QED) is 0.572. The van der Waals surface area contributed by atoms with E-state index in [2.05, 4.69) is 20.9 Å². The summed E-state index contributed by atoms with van der Waals surface area (Å²) in [7, 11) is 1.60. The number of ether oxygens (including phenoxy) is 2. The number of carboxylic acid groups (broad SMARTS) is 1. The third-order valence-corrected chi connectivity index (χ3v) is 5.73. The Hall–Kier alpha value is -2.78. The molecule has 0 spiro atoms. The fourth-order valence-corrected chi connectivity index (χ4v) is 4.23. The van der Waals surface area contributed by atoms with Gasteiger partial charge in [0, 0.05) is 6.54 Å². The minimum Gasteiger partial charge on any atom is -0.497 e. The second kappa shape index (κ2) is 9.82. The average Bonchev–Trinajstić information content (AvgIpc) is 3.01. The largest absolute Gasteiger partial charge is 0.497 e. The Morgan fingerprint density at radius 1 is 1.27 bits per heavy atom. The fourth-order valence-electron chi connectivity index (χ4n) is 2.65. The smallest absolute Gasteiger partial charge is 0.341 e. The van der Waals surface area contributed by atoms with E-state index in [-0.39, 0.29) is 5.91 Å². The van der Waals surface area contributed by atoms with Gasteiger partial charge in [0.1, 0.15) is 11.5 Å². The second-order valence-electron chi connectivity index (χ2n) is 6.12. The molecule has 1 fully saturated rings. The molecule has 1 aliphatic heterocycles. The molecular weight excluding hydrogens is 472 g/mol. The maximum Gasteiger partial charge on any atom is 0.341 e. The van der Waals surface area contributed by atoms with Crippen molar-refractivity contribution in [2.75, 3.05) is 20.3 Å². The van der Waals surface area contributed by atoms with Crippen molar-refractivity contribution >= 4 is 56.5 Å². The number of amides is 1. The van der Waals surface area contributed by atoms with Crippen molar-refractivity contribution in [1.29, 1.82) is 0 Å². The summed E-state index contributed by atoms with van der Waals surface area (Å²) in [5.74, 6) is -0.00764. The molecule has 0 aliphatic carbocycles. The van der Waals surface area contributed by atoms with Gasteiger partial charge in [0.2, 0.25) is 0 Å². The van der Waals surface area contributed by atoms with E-state index in [9.17, 15) is 9.59 Å². The molecule has 0 atom stereocenters. The molecule has 156 valence electrons. The number of rotatable bonds is 7. The van der Waals surface area contributed by atoms with Gasteiger partial charge >= 0.3 is 5.97 Å². The Kier molecular flexibility index (Phi) is 7.17. The van der Waals surface area contributed by atoms with Crippen molar-refractivity contribution in [1.82, 2.24) is 4.90 Å². The van der Waals surface area contributed by atoms with Crippen LogP contribution in [-0.2, 0) is 9.59 Å². The monoisotopic (exact) mass is 490 g/mol. The Morgan fingerprint density at radius 2 is 2.00 bits per heavy atom. The number of hydrogen-bond acceptors (Lipinski definition) is 6. The molecule has 2 aromatic carbocycles. The zero-order valence-electron chi connectivity index (χ0n) is 16.3. The molecule has 0 saturated carbocycles. The van der Waals surface area contributed by atoms with Gasteiger partial charge in [0.25, 0.3) is 5.91 Å². The molecule has 1 amide bonds. The van der Waals surface area contributed by atoms with Crippen molar-refractivity contribution in [3.63, 3.8) is 0 Å². The van der Waals surface area contributed by atoms with Crippen LogP contribution in [0.3, 0.4) is 0 Å². The van der Waals surface area contributed by atoms with Crippen LogP contribution in [0.5, 0.6) is 11.5 Å². The summed E-state index contributed by atoms with van der Waals surface area (Å²) in [5.41, 5.74) is 1.51. The summed E-state index contributed by atoms with van der Waals surface area (Å²) in [4.78, 5) is 30.2. The number of nitrogens with zero attached hydrogens (tertiary/aromatic N) is 2. The molecule has 1 N–H and O–H groups in total. The molecule has 30 heavy (non-hydrogen) atoms. The van der Waals surface area contributed by atoms with Crippen LogP contribution in [-0.4, -0.2) is 47.3 Å². The first-order valence-corrected chi connectivity index (χ1v) is 10.6. The van der Waals surface area contributed by atoms with Gasteiger partial charge in [0.05, 0.1) is 22.2 Å². The van der Waals surface area contributed by atoms with E-state index in [1.165, 1.54) is 11.8 Å². The lowest BCUT2D eigenvalue weighted by molar-refractivity contribution is -0.139. The van der Waals surface area contributed by atoms with Crippen molar-refractivity contribution in [3.05, 3.63) is 57.4 Å². The highest BCUT2D eigenvalue weighted by Gasteiger charge is 2.32. The molecular formula is C21H19BrN2O5S. The van der Waals surface area contributed by atoms with E-state index in [4.69, 9.17) is 14.6 Å². The number of aliphatic carboxylic acids is 1. The SMILES string of the molecule is CCN1C(=O)/C(=C\c2ccc(OCC(=O)O)c(Br)c2)SC1=Nc1ccc(OC)cc1. The number of halogens is 1. The van der Waals surface area contributed by atoms with Gasteiger partial charge in [-0.2, -0.15) is 0 Å². The van der Waals surface area contributed by atoms with Crippen molar-refractivity contribution in [3.8, 4) is 11.5 Å². The third-order valence-electron chi connectivity index (χ3n) is 4.11. The van der Waals surface area contributed by atoms with Crippen LogP contribution in [0.15, 0.2) is 56.8 Å². The molecule has 1 aliphatic rings. The van der Waals surface area contributed by atoms with Crippen LogP contribution < -0.4 is 9.47 Å². The molecule has 0 unspecified atom stereocenters. The predicted molar refractivity (Wildman–Crippen MR) is 120 cm³/mol. The number of carbonyl (C=O) groups is 2. The lowest BCUT2D eigenvalue weighted by atomic mass is 10.2. The van der Waals surface area contributed by atoms with Crippen LogP contribution >= 0.6 is 27.7 Å². The first-order valence-electron chi connectivity index (χ1n) is 8.99. The van der Waals surface area contributed by atoms with E-state index in [0.717, 1.165) is 17.0 Å². The Balaban J connectivity index is 1.83. The van der Waals surface area contributed by atoms with Gasteiger partial charge in [-0.05, 0) is 82.7 Å². The normalized spacial score (nSPS) is 16.4. The maximum atomic E-state index is 12.8. The summed E-state index contributed by atoms with van der Waals surface area (Å²) in [6.07, 6.45) is 1.78. The number of thioether (sulfide) groups is 1. The summed E-state index contributed by atoms with van der Waals surface area (Å²) in [6, 6.07) is 12.5. The number of amidine groups is 1. The van der Waals surface area contributed by atoms with Gasteiger partial charge in [-0.25, -0.2) is 9.79 Å². The minimum absolute atomic E-state index is 0.114. The van der Waals surface area contributed by atoms with Crippen LogP contribution in [0.4, 0.5) is 5.69 Å². The fraction of sp³-hybridized carbons (Fsp3) is 0.190.